The molecule has 0 spiro atoms. The molecule has 0 aliphatic carbocycles. The van der Waals surface area contributed by atoms with Gasteiger partial charge in [0.15, 0.2) is 0 Å². The van der Waals surface area contributed by atoms with Crippen molar-refractivity contribution in [2.75, 3.05) is 19.6 Å². The van der Waals surface area contributed by atoms with Crippen molar-refractivity contribution < 1.29 is 9.18 Å². The second-order valence-electron chi connectivity index (χ2n) is 4.54. The largest absolute Gasteiger partial charge is 0.343 e. The van der Waals surface area contributed by atoms with E-state index in [9.17, 15) is 9.18 Å². The van der Waals surface area contributed by atoms with E-state index < -0.39 is 0 Å². The van der Waals surface area contributed by atoms with E-state index in [1.165, 1.54) is 12.1 Å². The summed E-state index contributed by atoms with van der Waals surface area (Å²) < 4.78 is 12.8. The van der Waals surface area contributed by atoms with E-state index in [4.69, 9.17) is 0 Å². The molecule has 4 heteroatoms. The van der Waals surface area contributed by atoms with Crippen molar-refractivity contribution in [3.05, 3.63) is 35.6 Å². The predicted molar refractivity (Wildman–Crippen MR) is 75.4 cm³/mol. The van der Waals surface area contributed by atoms with Crippen LogP contribution in [0.3, 0.4) is 0 Å². The van der Waals surface area contributed by atoms with Crippen LogP contribution in [0.1, 0.15) is 38.8 Å². The van der Waals surface area contributed by atoms with E-state index in [-0.39, 0.29) is 17.8 Å². The Labute approximate surface area is 114 Å². The van der Waals surface area contributed by atoms with Crippen LogP contribution >= 0.6 is 0 Å². The Bertz CT molecular complexity index is 388. The quantitative estimate of drug-likeness (QED) is 0.823. The van der Waals surface area contributed by atoms with E-state index in [2.05, 4.69) is 5.32 Å². The van der Waals surface area contributed by atoms with Crippen LogP contribution in [0.4, 0.5) is 4.39 Å². The lowest BCUT2D eigenvalue weighted by Gasteiger charge is -2.20. The molecule has 0 aliphatic heterocycles. The fraction of sp³-hybridized carbons (Fsp3) is 0.533. The maximum atomic E-state index is 12.8. The van der Waals surface area contributed by atoms with Gasteiger partial charge in [-0.2, -0.15) is 0 Å². The predicted octanol–water partition coefficient (Wildman–Crippen LogP) is 2.73. The molecule has 1 atom stereocenters. The number of carbonyl (C=O) groups is 1. The lowest BCUT2D eigenvalue weighted by Crippen LogP contribution is -2.33. The number of nitrogens with one attached hydrogen (secondary N) is 1. The average Bonchev–Trinajstić information content (AvgIpc) is 2.40. The third-order valence-electron chi connectivity index (χ3n) is 3.28. The fourth-order valence-electron chi connectivity index (χ4n) is 2.00. The highest BCUT2D eigenvalue weighted by Crippen LogP contribution is 2.12. The normalized spacial score (nSPS) is 12.2. The summed E-state index contributed by atoms with van der Waals surface area (Å²) in [5.74, 6) is -0.0588. The zero-order valence-electron chi connectivity index (χ0n) is 11.9. The standard InChI is InChI=1S/C15H23FN2O/c1-4-18(5-2)15(19)10-11-17-12(3)13-6-8-14(16)9-7-13/h6-9,12,17H,4-5,10-11H2,1-3H3. The lowest BCUT2D eigenvalue weighted by molar-refractivity contribution is -0.130. The second-order valence-corrected chi connectivity index (χ2v) is 4.54. The molecule has 0 heterocycles. The Balaban J connectivity index is 2.36. The van der Waals surface area contributed by atoms with Crippen LogP contribution in [-0.4, -0.2) is 30.4 Å². The minimum absolute atomic E-state index is 0.116. The monoisotopic (exact) mass is 266 g/mol. The fourth-order valence-corrected chi connectivity index (χ4v) is 2.00. The smallest absolute Gasteiger partial charge is 0.223 e. The first-order chi connectivity index (χ1) is 9.08. The summed E-state index contributed by atoms with van der Waals surface area (Å²) in [7, 11) is 0. The molecule has 3 nitrogen and oxygen atoms in total. The van der Waals surface area contributed by atoms with Crippen LogP contribution in [0.15, 0.2) is 24.3 Å². The zero-order chi connectivity index (χ0) is 14.3. The summed E-state index contributed by atoms with van der Waals surface area (Å²) in [4.78, 5) is 13.6. The van der Waals surface area contributed by atoms with Crippen molar-refractivity contribution in [2.24, 2.45) is 0 Å². The Morgan fingerprint density at radius 2 is 1.84 bits per heavy atom. The Morgan fingerprint density at radius 3 is 2.37 bits per heavy atom. The van der Waals surface area contributed by atoms with Crippen molar-refractivity contribution in [3.63, 3.8) is 0 Å². The van der Waals surface area contributed by atoms with E-state index in [1.54, 1.807) is 12.1 Å². The third kappa shape index (κ3) is 4.99. The number of nitrogens with zero attached hydrogens (tertiary/aromatic N) is 1. The zero-order valence-corrected chi connectivity index (χ0v) is 11.9. The minimum atomic E-state index is -0.229. The average molecular weight is 266 g/mol. The Hall–Kier alpha value is -1.42. The van der Waals surface area contributed by atoms with Crippen LogP contribution in [0.2, 0.25) is 0 Å². The minimum Gasteiger partial charge on any atom is -0.343 e. The maximum Gasteiger partial charge on any atom is 0.223 e. The van der Waals surface area contributed by atoms with Crippen molar-refractivity contribution in [1.82, 2.24) is 10.2 Å². The molecular formula is C15H23FN2O. The first-order valence-electron chi connectivity index (χ1n) is 6.85. The van der Waals surface area contributed by atoms with E-state index >= 15 is 0 Å². The highest BCUT2D eigenvalue weighted by Gasteiger charge is 2.10. The SMILES string of the molecule is CCN(CC)C(=O)CCNC(C)c1ccc(F)cc1. The summed E-state index contributed by atoms with van der Waals surface area (Å²) in [5, 5.41) is 3.28. The van der Waals surface area contributed by atoms with Crippen molar-refractivity contribution in [3.8, 4) is 0 Å². The Morgan fingerprint density at radius 1 is 1.26 bits per heavy atom. The van der Waals surface area contributed by atoms with E-state index in [0.29, 0.717) is 13.0 Å². The van der Waals surface area contributed by atoms with Gasteiger partial charge in [-0.3, -0.25) is 4.79 Å². The van der Waals surface area contributed by atoms with Gasteiger partial charge in [0, 0.05) is 32.1 Å². The molecule has 0 bridgehead atoms. The molecule has 1 aromatic carbocycles. The van der Waals surface area contributed by atoms with Crippen LogP contribution in [0.5, 0.6) is 0 Å². The highest BCUT2D eigenvalue weighted by atomic mass is 19.1. The molecule has 0 saturated carbocycles. The first-order valence-corrected chi connectivity index (χ1v) is 6.85. The van der Waals surface area contributed by atoms with Crippen LogP contribution in [0.25, 0.3) is 0 Å². The van der Waals surface area contributed by atoms with Crippen molar-refractivity contribution in [2.45, 2.75) is 33.2 Å². The molecule has 0 radical (unpaired) electrons. The number of benzene rings is 1. The number of rotatable bonds is 7. The molecule has 1 aromatic rings. The number of hydrogen-bond donors (Lipinski definition) is 1. The van der Waals surface area contributed by atoms with Gasteiger partial charge in [0.05, 0.1) is 0 Å². The number of amides is 1. The molecule has 0 aromatic heterocycles. The van der Waals surface area contributed by atoms with E-state index in [0.717, 1.165) is 18.7 Å². The molecule has 106 valence electrons. The summed E-state index contributed by atoms with van der Waals surface area (Å²) >= 11 is 0. The molecule has 0 saturated heterocycles. The van der Waals surface area contributed by atoms with Crippen LogP contribution in [0, 0.1) is 5.82 Å². The molecule has 1 amide bonds. The van der Waals surface area contributed by atoms with Gasteiger partial charge in [0.2, 0.25) is 5.91 Å². The maximum absolute atomic E-state index is 12.8. The lowest BCUT2D eigenvalue weighted by atomic mass is 10.1. The van der Waals surface area contributed by atoms with Gasteiger partial charge >= 0.3 is 0 Å². The summed E-state index contributed by atoms with van der Waals surface area (Å²) in [6.07, 6.45) is 0.493. The Kier molecular flexibility index (Phi) is 6.50. The van der Waals surface area contributed by atoms with Gasteiger partial charge in [-0.1, -0.05) is 12.1 Å². The van der Waals surface area contributed by atoms with Gasteiger partial charge in [0.25, 0.3) is 0 Å². The highest BCUT2D eigenvalue weighted by molar-refractivity contribution is 5.76. The summed E-state index contributed by atoms with van der Waals surface area (Å²) in [6.45, 7) is 8.11. The van der Waals surface area contributed by atoms with Gasteiger partial charge in [-0.05, 0) is 38.5 Å². The molecule has 1 N–H and O–H groups in total. The van der Waals surface area contributed by atoms with Crippen LogP contribution < -0.4 is 5.32 Å². The molecule has 1 rings (SSSR count). The number of halogens is 1. The van der Waals surface area contributed by atoms with Gasteiger partial charge in [0.1, 0.15) is 5.82 Å². The van der Waals surface area contributed by atoms with Crippen molar-refractivity contribution >= 4 is 5.91 Å². The topological polar surface area (TPSA) is 32.3 Å². The van der Waals surface area contributed by atoms with Gasteiger partial charge < -0.3 is 10.2 Å². The molecule has 0 aliphatic rings. The molecule has 19 heavy (non-hydrogen) atoms. The second kappa shape index (κ2) is 7.89. The van der Waals surface area contributed by atoms with Gasteiger partial charge in [-0.15, -0.1) is 0 Å². The molecule has 1 unspecified atom stereocenters. The number of carbonyl (C=O) groups excluding carboxylic acids is 1. The van der Waals surface area contributed by atoms with Gasteiger partial charge in [-0.25, -0.2) is 4.39 Å². The molecule has 0 fully saturated rings. The van der Waals surface area contributed by atoms with Crippen molar-refractivity contribution in [1.29, 1.82) is 0 Å². The number of hydrogen-bond acceptors (Lipinski definition) is 2. The summed E-state index contributed by atoms with van der Waals surface area (Å²) in [5.41, 5.74) is 1.02. The summed E-state index contributed by atoms with van der Waals surface area (Å²) in [6, 6.07) is 6.55. The van der Waals surface area contributed by atoms with E-state index in [1.807, 2.05) is 25.7 Å². The third-order valence-corrected chi connectivity index (χ3v) is 3.28. The first kappa shape index (κ1) is 15.6. The molecular weight excluding hydrogens is 243 g/mol. The van der Waals surface area contributed by atoms with Crippen LogP contribution in [-0.2, 0) is 4.79 Å².